The van der Waals surface area contributed by atoms with Crippen molar-refractivity contribution in [3.8, 4) is 0 Å². The Morgan fingerprint density at radius 2 is 2.13 bits per heavy atom. The summed E-state index contributed by atoms with van der Waals surface area (Å²) in [5, 5.41) is 8.44. The molecule has 15 heavy (non-hydrogen) atoms. The number of carbonyl (C=O) groups is 1. The van der Waals surface area contributed by atoms with E-state index in [0.29, 0.717) is 13.0 Å². The zero-order chi connectivity index (χ0) is 11.7. The molecule has 5 heteroatoms. The molecule has 0 aliphatic rings. The summed E-state index contributed by atoms with van der Waals surface area (Å²) in [4.78, 5) is 14.3. The lowest BCUT2D eigenvalue weighted by Gasteiger charge is -1.99. The number of aromatic nitrogens is 1. The minimum atomic E-state index is -0.789. The van der Waals surface area contributed by atoms with Gasteiger partial charge in [0.05, 0.1) is 5.69 Å². The van der Waals surface area contributed by atoms with Crippen molar-refractivity contribution in [1.82, 2.24) is 4.98 Å². The van der Waals surface area contributed by atoms with Crippen molar-refractivity contribution in [2.24, 2.45) is 11.5 Å². The van der Waals surface area contributed by atoms with Gasteiger partial charge in [-0.1, -0.05) is 6.07 Å². The van der Waals surface area contributed by atoms with Crippen LogP contribution in [0.4, 0.5) is 0 Å². The standard InChI is InChI=1S/C9H12N2O2.CH5N/c10-5-8-3-1-7(6-11-8)2-4-9(12)13;1-2/h1,3,6H,2,4-5,10H2,(H,12,13);2H2,1H3. The van der Waals surface area contributed by atoms with Crippen LogP contribution in [-0.2, 0) is 17.8 Å². The molecule has 5 N–H and O–H groups in total. The summed E-state index contributed by atoms with van der Waals surface area (Å²) in [7, 11) is 1.50. The third kappa shape index (κ3) is 5.77. The molecule has 0 spiro atoms. The van der Waals surface area contributed by atoms with Crippen LogP contribution in [0.25, 0.3) is 0 Å². The van der Waals surface area contributed by atoms with Crippen LogP contribution in [0, 0.1) is 0 Å². The van der Waals surface area contributed by atoms with Crippen molar-refractivity contribution in [3.05, 3.63) is 29.6 Å². The molecule has 1 aromatic rings. The summed E-state index contributed by atoms with van der Waals surface area (Å²) in [5.74, 6) is -0.789. The fraction of sp³-hybridized carbons (Fsp3) is 0.400. The number of carboxylic acids is 1. The number of pyridine rings is 1. The summed E-state index contributed by atoms with van der Waals surface area (Å²) < 4.78 is 0. The van der Waals surface area contributed by atoms with Crippen molar-refractivity contribution < 1.29 is 9.90 Å². The third-order valence-electron chi connectivity index (χ3n) is 1.72. The van der Waals surface area contributed by atoms with Crippen LogP contribution < -0.4 is 11.5 Å². The van der Waals surface area contributed by atoms with E-state index < -0.39 is 5.97 Å². The van der Waals surface area contributed by atoms with Crippen molar-refractivity contribution in [1.29, 1.82) is 0 Å². The van der Waals surface area contributed by atoms with Crippen LogP contribution in [0.3, 0.4) is 0 Å². The summed E-state index contributed by atoms with van der Waals surface area (Å²) in [6.07, 6.45) is 2.34. The van der Waals surface area contributed by atoms with Crippen molar-refractivity contribution in [2.45, 2.75) is 19.4 Å². The van der Waals surface area contributed by atoms with E-state index in [1.807, 2.05) is 12.1 Å². The Balaban J connectivity index is 0.000000921. The van der Waals surface area contributed by atoms with E-state index in [9.17, 15) is 4.79 Å². The first-order valence-electron chi connectivity index (χ1n) is 4.66. The van der Waals surface area contributed by atoms with Gasteiger partial charge in [0.25, 0.3) is 0 Å². The molecule has 1 heterocycles. The number of nitrogens with zero attached hydrogens (tertiary/aromatic N) is 1. The van der Waals surface area contributed by atoms with Gasteiger partial charge >= 0.3 is 5.97 Å². The maximum Gasteiger partial charge on any atom is 0.303 e. The van der Waals surface area contributed by atoms with Gasteiger partial charge in [-0.3, -0.25) is 9.78 Å². The van der Waals surface area contributed by atoms with E-state index in [2.05, 4.69) is 10.7 Å². The molecule has 84 valence electrons. The molecule has 1 aromatic heterocycles. The number of hydrogen-bond acceptors (Lipinski definition) is 4. The second-order valence-electron chi connectivity index (χ2n) is 2.76. The third-order valence-corrected chi connectivity index (χ3v) is 1.72. The van der Waals surface area contributed by atoms with E-state index in [1.54, 1.807) is 6.20 Å². The van der Waals surface area contributed by atoms with Crippen molar-refractivity contribution in [2.75, 3.05) is 7.05 Å². The quantitative estimate of drug-likeness (QED) is 0.657. The van der Waals surface area contributed by atoms with Gasteiger partial charge in [0, 0.05) is 19.2 Å². The number of hydrogen-bond donors (Lipinski definition) is 3. The van der Waals surface area contributed by atoms with Crippen LogP contribution in [-0.4, -0.2) is 23.1 Å². The summed E-state index contributed by atoms with van der Waals surface area (Å²) in [6, 6.07) is 3.68. The smallest absolute Gasteiger partial charge is 0.303 e. The number of carboxylic acid groups (broad SMARTS) is 1. The highest BCUT2D eigenvalue weighted by atomic mass is 16.4. The van der Waals surface area contributed by atoms with Gasteiger partial charge in [-0.25, -0.2) is 0 Å². The highest BCUT2D eigenvalue weighted by Gasteiger charge is 1.99. The zero-order valence-electron chi connectivity index (χ0n) is 8.81. The Morgan fingerprint density at radius 3 is 2.53 bits per heavy atom. The monoisotopic (exact) mass is 211 g/mol. The summed E-state index contributed by atoms with van der Waals surface area (Å²) in [6.45, 7) is 0.416. The molecule has 0 amide bonds. The topological polar surface area (TPSA) is 102 Å². The molecule has 0 bridgehead atoms. The fourth-order valence-electron chi connectivity index (χ4n) is 0.975. The Kier molecular flexibility index (Phi) is 7.13. The molecule has 1 rings (SSSR count). The van der Waals surface area contributed by atoms with E-state index >= 15 is 0 Å². The second-order valence-corrected chi connectivity index (χ2v) is 2.76. The summed E-state index contributed by atoms with van der Waals surface area (Å²) >= 11 is 0. The van der Waals surface area contributed by atoms with Crippen LogP contribution in [0.2, 0.25) is 0 Å². The van der Waals surface area contributed by atoms with E-state index in [1.165, 1.54) is 7.05 Å². The number of aryl methyl sites for hydroxylation is 1. The lowest BCUT2D eigenvalue weighted by atomic mass is 10.1. The molecule has 0 atom stereocenters. The maximum atomic E-state index is 10.3. The zero-order valence-corrected chi connectivity index (χ0v) is 8.81. The lowest BCUT2D eigenvalue weighted by Crippen LogP contribution is -2.01. The van der Waals surface area contributed by atoms with Crippen LogP contribution in [0.5, 0.6) is 0 Å². The van der Waals surface area contributed by atoms with Crippen LogP contribution >= 0.6 is 0 Å². The molecule has 0 aliphatic heterocycles. The first kappa shape index (κ1) is 13.5. The van der Waals surface area contributed by atoms with Gasteiger partial charge in [-0.15, -0.1) is 0 Å². The van der Waals surface area contributed by atoms with Gasteiger partial charge in [-0.05, 0) is 25.1 Å². The molecule has 0 aromatic carbocycles. The van der Waals surface area contributed by atoms with Gasteiger partial charge in [-0.2, -0.15) is 0 Å². The van der Waals surface area contributed by atoms with Crippen molar-refractivity contribution >= 4 is 5.97 Å². The van der Waals surface area contributed by atoms with Gasteiger partial charge in [0.15, 0.2) is 0 Å². The Morgan fingerprint density at radius 1 is 1.47 bits per heavy atom. The summed E-state index contributed by atoms with van der Waals surface area (Å²) in [5.41, 5.74) is 11.6. The largest absolute Gasteiger partial charge is 0.481 e. The number of aliphatic carboxylic acids is 1. The lowest BCUT2D eigenvalue weighted by molar-refractivity contribution is -0.136. The first-order chi connectivity index (χ1) is 7.22. The van der Waals surface area contributed by atoms with Gasteiger partial charge < -0.3 is 16.6 Å². The number of nitrogens with two attached hydrogens (primary N) is 2. The van der Waals surface area contributed by atoms with Crippen molar-refractivity contribution in [3.63, 3.8) is 0 Å². The fourth-order valence-corrected chi connectivity index (χ4v) is 0.975. The Labute approximate surface area is 89.1 Å². The average Bonchev–Trinajstić information content (AvgIpc) is 2.30. The molecule has 0 saturated heterocycles. The molecule has 5 nitrogen and oxygen atoms in total. The molecular formula is C10H17N3O2. The van der Waals surface area contributed by atoms with E-state index in [-0.39, 0.29) is 6.42 Å². The maximum absolute atomic E-state index is 10.3. The number of rotatable bonds is 4. The Hall–Kier alpha value is -1.46. The molecule has 0 saturated carbocycles. The molecule has 0 radical (unpaired) electrons. The highest BCUT2D eigenvalue weighted by Crippen LogP contribution is 2.02. The minimum Gasteiger partial charge on any atom is -0.481 e. The van der Waals surface area contributed by atoms with E-state index in [4.69, 9.17) is 10.8 Å². The average molecular weight is 211 g/mol. The first-order valence-corrected chi connectivity index (χ1v) is 4.66. The molecule has 0 fully saturated rings. The molecular weight excluding hydrogens is 194 g/mol. The van der Waals surface area contributed by atoms with E-state index in [0.717, 1.165) is 11.3 Å². The van der Waals surface area contributed by atoms with Crippen LogP contribution in [0.15, 0.2) is 18.3 Å². The Bertz CT molecular complexity index is 285. The second kappa shape index (κ2) is 7.90. The van der Waals surface area contributed by atoms with Gasteiger partial charge in [0.1, 0.15) is 0 Å². The minimum absolute atomic E-state index is 0.143. The van der Waals surface area contributed by atoms with Gasteiger partial charge in [0.2, 0.25) is 0 Å². The SMILES string of the molecule is CN.NCc1ccc(CCC(=O)O)cn1. The predicted octanol–water partition coefficient (Wildman–Crippen LogP) is 0.132. The normalized spacial score (nSPS) is 9.00. The predicted molar refractivity (Wildman–Crippen MR) is 58.2 cm³/mol. The highest BCUT2D eigenvalue weighted by molar-refractivity contribution is 5.67. The van der Waals surface area contributed by atoms with Crippen LogP contribution in [0.1, 0.15) is 17.7 Å². The molecule has 0 unspecified atom stereocenters. The molecule has 0 aliphatic carbocycles.